The molecule has 52 heavy (non-hydrogen) atoms. The molecule has 4 atom stereocenters. The van der Waals surface area contributed by atoms with Crippen LogP contribution in [0.1, 0.15) is 50.9 Å². The number of aromatic nitrogens is 1. The first-order valence-electron chi connectivity index (χ1n) is 18.0. The van der Waals surface area contributed by atoms with Crippen LogP contribution in [-0.2, 0) is 34.2 Å². The van der Waals surface area contributed by atoms with E-state index in [0.717, 1.165) is 22.2 Å². The lowest BCUT2D eigenvalue weighted by atomic mass is 9.95. The third-order valence-corrected chi connectivity index (χ3v) is 11.2. The first kappa shape index (κ1) is 38.7. The number of nitrogens with zero attached hydrogens (tertiary/aromatic N) is 3. The van der Waals surface area contributed by atoms with Crippen molar-refractivity contribution in [1.29, 1.82) is 0 Å². The molecule has 0 spiro atoms. The molecule has 11 nitrogen and oxygen atoms in total. The largest absolute Gasteiger partial charge is 0.497 e. The Hall–Kier alpha value is -4.52. The molecule has 12 heteroatoms. The number of carbonyl (C=O) groups is 2. The molecule has 0 unspecified atom stereocenters. The number of benzene rings is 3. The minimum atomic E-state index is -4.03. The Kier molecular flexibility index (Phi) is 12.9. The maximum Gasteiger partial charge on any atom is 0.321 e. The van der Waals surface area contributed by atoms with Crippen LogP contribution in [0, 0.1) is 11.8 Å². The van der Waals surface area contributed by atoms with Gasteiger partial charge in [-0.1, -0.05) is 88.7 Å². The summed E-state index contributed by atoms with van der Waals surface area (Å²) in [6.07, 6.45) is 0.122. The molecule has 1 aromatic heterocycles. The zero-order valence-electron chi connectivity index (χ0n) is 30.7. The van der Waals surface area contributed by atoms with E-state index in [1.54, 1.807) is 21.9 Å². The summed E-state index contributed by atoms with van der Waals surface area (Å²) in [6.45, 7) is 8.70. The van der Waals surface area contributed by atoms with Crippen molar-refractivity contribution in [3.05, 3.63) is 102 Å². The molecule has 1 aliphatic rings. The van der Waals surface area contributed by atoms with E-state index in [2.05, 4.69) is 10.0 Å². The van der Waals surface area contributed by atoms with E-state index in [1.165, 1.54) is 13.2 Å². The SMILES string of the molecule is CC[C@H](C)[C@@H](C(=O)N[C@@H](Cc1ccccc1)[C@H](O)CNS(=O)(=O)c1ccc(OC)cc1CC(C)C)N1CCN(Cc2ccc3ccccc3n2)C1=O. The minimum Gasteiger partial charge on any atom is -0.497 e. The van der Waals surface area contributed by atoms with Gasteiger partial charge in [-0.05, 0) is 66.1 Å². The first-order chi connectivity index (χ1) is 24.9. The number of rotatable bonds is 17. The van der Waals surface area contributed by atoms with E-state index < -0.39 is 34.1 Å². The lowest BCUT2D eigenvalue weighted by Crippen LogP contribution is -2.57. The van der Waals surface area contributed by atoms with Crippen molar-refractivity contribution >= 4 is 32.9 Å². The van der Waals surface area contributed by atoms with Gasteiger partial charge in [0.2, 0.25) is 15.9 Å². The third kappa shape index (κ3) is 9.47. The van der Waals surface area contributed by atoms with E-state index in [0.29, 0.717) is 43.8 Å². The van der Waals surface area contributed by atoms with Crippen LogP contribution in [-0.4, -0.2) is 85.2 Å². The molecule has 1 aliphatic heterocycles. The summed E-state index contributed by atoms with van der Waals surface area (Å²) in [5, 5.41) is 15.6. The molecule has 5 rings (SSSR count). The van der Waals surface area contributed by atoms with Crippen LogP contribution < -0.4 is 14.8 Å². The molecule has 2 heterocycles. The normalized spacial score (nSPS) is 15.9. The van der Waals surface area contributed by atoms with E-state index in [9.17, 15) is 23.1 Å². The predicted octanol–water partition coefficient (Wildman–Crippen LogP) is 5.16. The number of methoxy groups -OCH3 is 1. The molecule has 1 fully saturated rings. The van der Waals surface area contributed by atoms with Crippen LogP contribution in [0.4, 0.5) is 4.79 Å². The molecule has 0 aliphatic carbocycles. The Bertz CT molecular complexity index is 1940. The Morgan fingerprint density at radius 3 is 2.40 bits per heavy atom. The first-order valence-corrected chi connectivity index (χ1v) is 19.5. The van der Waals surface area contributed by atoms with E-state index >= 15 is 0 Å². The quantitative estimate of drug-likeness (QED) is 0.136. The number of fused-ring (bicyclic) bond motifs is 1. The fourth-order valence-electron chi connectivity index (χ4n) is 6.71. The van der Waals surface area contributed by atoms with Crippen molar-refractivity contribution in [1.82, 2.24) is 24.8 Å². The number of para-hydroxylation sites is 1. The van der Waals surface area contributed by atoms with Crippen molar-refractivity contribution in [2.75, 3.05) is 26.7 Å². The van der Waals surface area contributed by atoms with Gasteiger partial charge in [0, 0.05) is 25.0 Å². The fourth-order valence-corrected chi connectivity index (χ4v) is 7.99. The van der Waals surface area contributed by atoms with Crippen molar-refractivity contribution in [2.45, 2.75) is 76.6 Å². The average molecular weight is 730 g/mol. The van der Waals surface area contributed by atoms with Crippen molar-refractivity contribution < 1.29 is 27.9 Å². The van der Waals surface area contributed by atoms with E-state index in [4.69, 9.17) is 9.72 Å². The molecule has 0 saturated carbocycles. The zero-order chi connectivity index (χ0) is 37.4. The minimum absolute atomic E-state index is 0.116. The molecule has 1 saturated heterocycles. The molecule has 278 valence electrons. The van der Waals surface area contributed by atoms with Crippen molar-refractivity contribution in [3.63, 3.8) is 0 Å². The highest BCUT2D eigenvalue weighted by Crippen LogP contribution is 2.26. The van der Waals surface area contributed by atoms with Crippen LogP contribution in [0.5, 0.6) is 5.75 Å². The summed E-state index contributed by atoms with van der Waals surface area (Å²) in [5.74, 6) is 0.164. The lowest BCUT2D eigenvalue weighted by Gasteiger charge is -2.33. The molecule has 3 aromatic carbocycles. The number of ether oxygens (including phenoxy) is 1. The van der Waals surface area contributed by atoms with Crippen LogP contribution in [0.2, 0.25) is 0 Å². The Balaban J connectivity index is 1.33. The van der Waals surface area contributed by atoms with Gasteiger partial charge in [0.05, 0.1) is 41.9 Å². The second-order valence-electron chi connectivity index (χ2n) is 14.0. The number of amides is 3. The standard InChI is InChI=1S/C40H51N5O6S/c1-6-28(4)38(45-21-20-44(40(45)48)26-32-17-16-30-14-10-11-15-34(30)42-32)39(47)43-35(23-29-12-8-7-9-13-29)36(46)25-41-52(49,50)37-19-18-33(51-5)24-31(37)22-27(2)3/h7-19,24,27-28,35-36,38,41,46H,6,20-23,25-26H2,1-5H3,(H,43,47)/t28-,35-,36+,38-/m0/s1. The highest BCUT2D eigenvalue weighted by Gasteiger charge is 2.41. The van der Waals surface area contributed by atoms with Gasteiger partial charge in [-0.2, -0.15) is 0 Å². The van der Waals surface area contributed by atoms with Crippen LogP contribution in [0.25, 0.3) is 10.9 Å². The molecule has 4 aromatic rings. The van der Waals surface area contributed by atoms with Gasteiger partial charge >= 0.3 is 6.03 Å². The van der Waals surface area contributed by atoms with Crippen LogP contribution >= 0.6 is 0 Å². The summed E-state index contributed by atoms with van der Waals surface area (Å²) in [5.41, 5.74) is 3.08. The maximum absolute atomic E-state index is 14.2. The Morgan fingerprint density at radius 1 is 0.962 bits per heavy atom. The van der Waals surface area contributed by atoms with Gasteiger partial charge in [-0.3, -0.25) is 9.78 Å². The number of urea groups is 1. The van der Waals surface area contributed by atoms with Gasteiger partial charge in [-0.25, -0.2) is 17.9 Å². The lowest BCUT2D eigenvalue weighted by molar-refractivity contribution is -0.128. The number of nitrogens with one attached hydrogen (secondary N) is 2. The molecule has 3 N–H and O–H groups in total. The predicted molar refractivity (Wildman–Crippen MR) is 202 cm³/mol. The molecule has 3 amide bonds. The third-order valence-electron chi connectivity index (χ3n) is 9.68. The number of pyridine rings is 1. The van der Waals surface area contributed by atoms with Crippen molar-refractivity contribution in [3.8, 4) is 5.75 Å². The monoisotopic (exact) mass is 729 g/mol. The summed E-state index contributed by atoms with van der Waals surface area (Å²) in [7, 11) is -2.50. The summed E-state index contributed by atoms with van der Waals surface area (Å²) in [6, 6.07) is 24.0. The zero-order valence-corrected chi connectivity index (χ0v) is 31.5. The second-order valence-corrected chi connectivity index (χ2v) is 15.8. The van der Waals surface area contributed by atoms with Gasteiger partial charge in [0.15, 0.2) is 0 Å². The Labute approximate surface area is 307 Å². The number of hydrogen-bond acceptors (Lipinski definition) is 7. The molecular formula is C40H51N5O6S. The number of aliphatic hydroxyl groups is 1. The number of sulfonamides is 1. The summed E-state index contributed by atoms with van der Waals surface area (Å²) >= 11 is 0. The summed E-state index contributed by atoms with van der Waals surface area (Å²) in [4.78, 5) is 36.2. The number of aliphatic hydroxyl groups excluding tert-OH is 1. The van der Waals surface area contributed by atoms with Gasteiger partial charge in [0.1, 0.15) is 11.8 Å². The van der Waals surface area contributed by atoms with Gasteiger partial charge < -0.3 is 25.0 Å². The van der Waals surface area contributed by atoms with E-state index in [-0.39, 0.29) is 35.7 Å². The molecule has 0 radical (unpaired) electrons. The Morgan fingerprint density at radius 2 is 1.69 bits per heavy atom. The topological polar surface area (TPSA) is 141 Å². The maximum atomic E-state index is 14.2. The molecular weight excluding hydrogens is 679 g/mol. The van der Waals surface area contributed by atoms with Gasteiger partial charge in [-0.15, -0.1) is 0 Å². The fraction of sp³-hybridized carbons (Fsp3) is 0.425. The highest BCUT2D eigenvalue weighted by molar-refractivity contribution is 7.89. The number of hydrogen-bond donors (Lipinski definition) is 3. The van der Waals surface area contributed by atoms with Crippen LogP contribution in [0.15, 0.2) is 89.8 Å². The summed E-state index contributed by atoms with van der Waals surface area (Å²) < 4.78 is 35.1. The second kappa shape index (κ2) is 17.3. The average Bonchev–Trinajstić information content (AvgIpc) is 3.48. The highest BCUT2D eigenvalue weighted by atomic mass is 32.2. The van der Waals surface area contributed by atoms with E-state index in [1.807, 2.05) is 94.4 Å². The van der Waals surface area contributed by atoms with Crippen molar-refractivity contribution in [2.24, 2.45) is 11.8 Å². The van der Waals surface area contributed by atoms with Crippen LogP contribution in [0.3, 0.4) is 0 Å². The molecule has 0 bridgehead atoms. The number of carbonyl (C=O) groups excluding carboxylic acids is 2. The van der Waals surface area contributed by atoms with Gasteiger partial charge in [0.25, 0.3) is 0 Å². The smallest absolute Gasteiger partial charge is 0.321 e.